The van der Waals surface area contributed by atoms with Crippen molar-refractivity contribution in [3.8, 4) is 0 Å². The molecule has 1 fully saturated rings. The molecular weight excluding hydrogens is 330 g/mol. The molecule has 0 radical (unpaired) electrons. The molecule has 1 aliphatic rings. The standard InChI is InChI=1S/C21H25NO2S/c1-16-4-10-19(11-5-16)25-21(12-2-3-13-21)15-22-14-17-6-8-18(9-7-17)20(23)24/h4-11,22H,2-3,12-15H2,1H3,(H,23,24). The Morgan fingerprint density at radius 1 is 1.08 bits per heavy atom. The van der Waals surface area contributed by atoms with Crippen LogP contribution in [0.25, 0.3) is 0 Å². The van der Waals surface area contributed by atoms with Gasteiger partial charge < -0.3 is 10.4 Å². The van der Waals surface area contributed by atoms with E-state index >= 15 is 0 Å². The third-order valence-corrected chi connectivity index (χ3v) is 6.34. The summed E-state index contributed by atoms with van der Waals surface area (Å²) in [6, 6.07) is 16.0. The molecule has 0 atom stereocenters. The number of aryl methyl sites for hydroxylation is 1. The first kappa shape index (κ1) is 18.0. The molecular formula is C21H25NO2S. The lowest BCUT2D eigenvalue weighted by molar-refractivity contribution is 0.0697. The zero-order chi connectivity index (χ0) is 17.7. The van der Waals surface area contributed by atoms with Gasteiger partial charge in [0.1, 0.15) is 0 Å². The highest BCUT2D eigenvalue weighted by Crippen LogP contribution is 2.44. The van der Waals surface area contributed by atoms with Gasteiger partial charge in [-0.3, -0.25) is 0 Å². The zero-order valence-corrected chi connectivity index (χ0v) is 15.4. The molecule has 1 saturated carbocycles. The van der Waals surface area contributed by atoms with Crippen LogP contribution in [0.2, 0.25) is 0 Å². The van der Waals surface area contributed by atoms with Gasteiger partial charge in [0, 0.05) is 22.7 Å². The molecule has 3 rings (SSSR count). The summed E-state index contributed by atoms with van der Waals surface area (Å²) in [7, 11) is 0. The third kappa shape index (κ3) is 4.86. The molecule has 0 unspecified atom stereocenters. The van der Waals surface area contributed by atoms with Crippen molar-refractivity contribution in [1.82, 2.24) is 5.32 Å². The first-order valence-corrected chi connectivity index (χ1v) is 9.67. The first-order valence-electron chi connectivity index (χ1n) is 8.85. The molecule has 132 valence electrons. The van der Waals surface area contributed by atoms with Crippen LogP contribution >= 0.6 is 11.8 Å². The topological polar surface area (TPSA) is 49.3 Å². The minimum Gasteiger partial charge on any atom is -0.478 e. The van der Waals surface area contributed by atoms with Crippen LogP contribution in [0.4, 0.5) is 0 Å². The summed E-state index contributed by atoms with van der Waals surface area (Å²) in [6.07, 6.45) is 5.09. The van der Waals surface area contributed by atoms with Crippen LogP contribution in [0.5, 0.6) is 0 Å². The Kier molecular flexibility index (Phi) is 5.82. The molecule has 0 aliphatic heterocycles. The summed E-state index contributed by atoms with van der Waals surface area (Å²) in [5.41, 5.74) is 2.76. The molecule has 0 spiro atoms. The summed E-state index contributed by atoms with van der Waals surface area (Å²) in [6.45, 7) is 3.87. The maximum Gasteiger partial charge on any atom is 0.335 e. The second-order valence-electron chi connectivity index (χ2n) is 6.91. The van der Waals surface area contributed by atoms with Crippen molar-refractivity contribution in [3.05, 3.63) is 65.2 Å². The Labute approximate surface area is 153 Å². The predicted octanol–water partition coefficient (Wildman–Crippen LogP) is 4.89. The van der Waals surface area contributed by atoms with E-state index < -0.39 is 5.97 Å². The van der Waals surface area contributed by atoms with Crippen molar-refractivity contribution in [1.29, 1.82) is 0 Å². The highest BCUT2D eigenvalue weighted by atomic mass is 32.2. The van der Waals surface area contributed by atoms with Gasteiger partial charge in [-0.25, -0.2) is 4.79 Å². The van der Waals surface area contributed by atoms with E-state index in [0.717, 1.165) is 18.7 Å². The second kappa shape index (κ2) is 8.07. The zero-order valence-electron chi connectivity index (χ0n) is 14.6. The Bertz CT molecular complexity index is 704. The number of nitrogens with one attached hydrogen (secondary N) is 1. The predicted molar refractivity (Wildman–Crippen MR) is 103 cm³/mol. The third-order valence-electron chi connectivity index (χ3n) is 4.85. The molecule has 4 heteroatoms. The SMILES string of the molecule is Cc1ccc(SC2(CNCc3ccc(C(=O)O)cc3)CCCC2)cc1. The Morgan fingerprint density at radius 2 is 1.72 bits per heavy atom. The molecule has 0 aromatic heterocycles. The molecule has 2 aromatic carbocycles. The van der Waals surface area contributed by atoms with E-state index in [1.807, 2.05) is 23.9 Å². The van der Waals surface area contributed by atoms with Crippen molar-refractivity contribution in [2.24, 2.45) is 0 Å². The normalized spacial score (nSPS) is 16.0. The van der Waals surface area contributed by atoms with Crippen LogP contribution < -0.4 is 5.32 Å². The highest BCUT2D eigenvalue weighted by molar-refractivity contribution is 8.00. The summed E-state index contributed by atoms with van der Waals surface area (Å²) < 4.78 is 0.274. The fourth-order valence-corrected chi connectivity index (χ4v) is 4.83. The van der Waals surface area contributed by atoms with Crippen molar-refractivity contribution in [3.63, 3.8) is 0 Å². The van der Waals surface area contributed by atoms with E-state index in [1.54, 1.807) is 12.1 Å². The van der Waals surface area contributed by atoms with E-state index in [0.29, 0.717) is 5.56 Å². The van der Waals surface area contributed by atoms with Crippen LogP contribution in [0.1, 0.15) is 47.2 Å². The molecule has 0 amide bonds. The quantitative estimate of drug-likeness (QED) is 0.742. The number of aromatic carboxylic acids is 1. The van der Waals surface area contributed by atoms with Crippen LogP contribution in [0.15, 0.2) is 53.4 Å². The van der Waals surface area contributed by atoms with Gasteiger partial charge in [-0.05, 0) is 49.6 Å². The van der Waals surface area contributed by atoms with Crippen molar-refractivity contribution in [2.45, 2.75) is 48.8 Å². The summed E-state index contributed by atoms with van der Waals surface area (Å²) in [4.78, 5) is 12.3. The van der Waals surface area contributed by atoms with Gasteiger partial charge in [-0.2, -0.15) is 0 Å². The molecule has 2 aromatic rings. The Hall–Kier alpha value is -1.78. The summed E-state index contributed by atoms with van der Waals surface area (Å²) >= 11 is 2.01. The van der Waals surface area contributed by atoms with Gasteiger partial charge in [0.15, 0.2) is 0 Å². The second-order valence-corrected chi connectivity index (χ2v) is 8.45. The molecule has 25 heavy (non-hydrogen) atoms. The first-order chi connectivity index (χ1) is 12.1. The van der Waals surface area contributed by atoms with Gasteiger partial charge in [-0.1, -0.05) is 42.7 Å². The average Bonchev–Trinajstić information content (AvgIpc) is 3.06. The fraction of sp³-hybridized carbons (Fsp3) is 0.381. The number of hydrogen-bond acceptors (Lipinski definition) is 3. The molecule has 0 heterocycles. The number of carbonyl (C=O) groups is 1. The van der Waals surface area contributed by atoms with E-state index in [2.05, 4.69) is 36.5 Å². The van der Waals surface area contributed by atoms with Gasteiger partial charge in [0.2, 0.25) is 0 Å². The van der Waals surface area contributed by atoms with Gasteiger partial charge >= 0.3 is 5.97 Å². The van der Waals surface area contributed by atoms with Crippen LogP contribution in [-0.4, -0.2) is 22.4 Å². The maximum atomic E-state index is 10.9. The van der Waals surface area contributed by atoms with Crippen molar-refractivity contribution >= 4 is 17.7 Å². The highest BCUT2D eigenvalue weighted by Gasteiger charge is 2.34. The van der Waals surface area contributed by atoms with E-state index in [1.165, 1.54) is 36.1 Å². The maximum absolute atomic E-state index is 10.9. The van der Waals surface area contributed by atoms with E-state index in [9.17, 15) is 4.79 Å². The average molecular weight is 356 g/mol. The van der Waals surface area contributed by atoms with Crippen molar-refractivity contribution in [2.75, 3.05) is 6.54 Å². The van der Waals surface area contributed by atoms with E-state index in [-0.39, 0.29) is 4.75 Å². The lowest BCUT2D eigenvalue weighted by Crippen LogP contribution is -2.35. The van der Waals surface area contributed by atoms with E-state index in [4.69, 9.17) is 5.11 Å². The van der Waals surface area contributed by atoms with Crippen molar-refractivity contribution < 1.29 is 9.90 Å². The van der Waals surface area contributed by atoms with Gasteiger partial charge in [0.05, 0.1) is 5.56 Å². The minimum absolute atomic E-state index is 0.274. The van der Waals surface area contributed by atoms with Crippen LogP contribution in [0, 0.1) is 6.92 Å². The number of hydrogen-bond donors (Lipinski definition) is 2. The van der Waals surface area contributed by atoms with Gasteiger partial charge in [0.25, 0.3) is 0 Å². The largest absolute Gasteiger partial charge is 0.478 e. The van der Waals surface area contributed by atoms with Crippen LogP contribution in [0.3, 0.4) is 0 Å². The summed E-state index contributed by atoms with van der Waals surface area (Å²) in [5.74, 6) is -0.876. The monoisotopic (exact) mass is 355 g/mol. The lowest BCUT2D eigenvalue weighted by atomic mass is 10.1. The molecule has 0 saturated heterocycles. The number of thioether (sulfide) groups is 1. The Balaban J connectivity index is 1.58. The molecule has 3 nitrogen and oxygen atoms in total. The number of benzene rings is 2. The smallest absolute Gasteiger partial charge is 0.335 e. The fourth-order valence-electron chi connectivity index (χ4n) is 3.39. The number of carboxylic acids is 1. The molecule has 0 bridgehead atoms. The summed E-state index contributed by atoms with van der Waals surface area (Å²) in [5, 5.41) is 12.6. The molecule has 2 N–H and O–H groups in total. The van der Waals surface area contributed by atoms with Crippen LogP contribution in [-0.2, 0) is 6.54 Å². The molecule has 1 aliphatic carbocycles. The van der Waals surface area contributed by atoms with Gasteiger partial charge in [-0.15, -0.1) is 11.8 Å². The lowest BCUT2D eigenvalue weighted by Gasteiger charge is -2.29. The number of carboxylic acid groups (broad SMARTS) is 1. The number of rotatable bonds is 7. The Morgan fingerprint density at radius 3 is 2.32 bits per heavy atom. The minimum atomic E-state index is -0.876.